The first-order valence-electron chi connectivity index (χ1n) is 51.3. The number of nitrogens with one attached hydrogen (secondary N) is 1. The molecular weight excluding hydrogens is 2000 g/mol. The van der Waals surface area contributed by atoms with Crippen LogP contribution >= 0.6 is 0 Å². The summed E-state index contributed by atoms with van der Waals surface area (Å²) in [5.41, 5.74) is -8.15. The molecule has 9 atom stereocenters. The highest BCUT2D eigenvalue weighted by Gasteiger charge is 2.56. The molecular formula is C112H174F17N3O18. The monoisotopic (exact) mass is 2170 g/mol. The Morgan fingerprint density at radius 3 is 1.20 bits per heavy atom. The third-order valence-electron chi connectivity index (χ3n) is 27.6. The van der Waals surface area contributed by atoms with Gasteiger partial charge in [0.05, 0.1) is 40.0 Å². The van der Waals surface area contributed by atoms with E-state index in [1.165, 1.54) is 61.7 Å². The molecule has 0 spiro atoms. The lowest BCUT2D eigenvalue weighted by Crippen LogP contribution is -2.65. The summed E-state index contributed by atoms with van der Waals surface area (Å²) in [7, 11) is 0. The van der Waals surface area contributed by atoms with Crippen LogP contribution in [0.5, 0.6) is 0 Å². The maximum Gasteiger partial charge on any atom is 0.421 e. The zero-order valence-electron chi connectivity index (χ0n) is 95.8. The van der Waals surface area contributed by atoms with Crippen molar-refractivity contribution in [3.63, 3.8) is 0 Å². The fourth-order valence-corrected chi connectivity index (χ4v) is 14.9. The van der Waals surface area contributed by atoms with E-state index in [1.54, 1.807) is 56.6 Å². The van der Waals surface area contributed by atoms with Crippen LogP contribution in [-0.2, 0) is 67.5 Å². The number of esters is 5. The maximum absolute atomic E-state index is 13.1. The van der Waals surface area contributed by atoms with Crippen LogP contribution in [0.15, 0.2) is 60.7 Å². The van der Waals surface area contributed by atoms with Crippen molar-refractivity contribution in [2.24, 2.45) is 27.1 Å². The molecule has 3 N–H and O–H groups in total. The third kappa shape index (κ3) is 43.1. The van der Waals surface area contributed by atoms with Gasteiger partial charge in [-0.3, -0.25) is 28.9 Å². The van der Waals surface area contributed by atoms with Gasteiger partial charge in [-0.15, -0.1) is 0 Å². The van der Waals surface area contributed by atoms with Gasteiger partial charge in [0.2, 0.25) is 5.82 Å². The molecule has 4 aromatic rings. The lowest BCUT2D eigenvalue weighted by atomic mass is 9.78. The van der Waals surface area contributed by atoms with Crippen LogP contribution in [0.25, 0.3) is 10.8 Å². The minimum Gasteiger partial charge on any atom is -0.463 e. The Hall–Kier alpha value is -8.97. The number of alkyl carbamates (subject to hydrolysis) is 1. The van der Waals surface area contributed by atoms with E-state index in [9.17, 15) is 123 Å². The van der Waals surface area contributed by atoms with Crippen LogP contribution < -0.4 is 5.32 Å². The summed E-state index contributed by atoms with van der Waals surface area (Å²) < 4.78 is 256. The van der Waals surface area contributed by atoms with Crippen molar-refractivity contribution in [3.05, 3.63) is 118 Å². The number of aliphatic hydroxyl groups is 2. The quantitative estimate of drug-likeness (QED) is 0.0109. The predicted octanol–water partition coefficient (Wildman–Crippen LogP) is 30.8. The molecule has 0 bridgehead atoms. The zero-order chi connectivity index (χ0) is 118. The lowest BCUT2D eigenvalue weighted by molar-refractivity contribution is -0.261. The van der Waals surface area contributed by atoms with Gasteiger partial charge in [0.1, 0.15) is 41.7 Å². The third-order valence-corrected chi connectivity index (χ3v) is 27.6. The van der Waals surface area contributed by atoms with Crippen molar-refractivity contribution >= 4 is 58.9 Å². The second-order valence-corrected chi connectivity index (χ2v) is 46.7. The average molecular weight is 2170 g/mol. The minimum absolute atomic E-state index is 0.0175. The summed E-state index contributed by atoms with van der Waals surface area (Å²) in [5, 5.41) is 24.2. The molecule has 9 unspecified atom stereocenters. The number of piperidine rings is 2. The molecule has 2 aliphatic heterocycles. The number of benzene rings is 4. The van der Waals surface area contributed by atoms with E-state index in [-0.39, 0.29) is 73.1 Å². The van der Waals surface area contributed by atoms with Gasteiger partial charge >= 0.3 is 72.8 Å². The van der Waals surface area contributed by atoms with Gasteiger partial charge in [0.15, 0.2) is 41.1 Å². The van der Waals surface area contributed by atoms with E-state index in [1.807, 2.05) is 180 Å². The molecule has 1 aliphatic carbocycles. The molecule has 0 radical (unpaired) electrons. The number of alkyl halides is 12. The Bertz CT molecular complexity index is 4860. The van der Waals surface area contributed by atoms with Gasteiger partial charge < -0.3 is 58.3 Å². The Balaban J connectivity index is 0.00000170. The highest BCUT2D eigenvalue weighted by atomic mass is 19.4. The number of carbonyl (C=O) groups is 8. The molecule has 4 aromatic carbocycles. The van der Waals surface area contributed by atoms with Crippen LogP contribution in [0.4, 0.5) is 89.0 Å². The first-order valence-corrected chi connectivity index (χ1v) is 51.3. The van der Waals surface area contributed by atoms with Crippen LogP contribution in [0.3, 0.4) is 0 Å². The molecule has 7 rings (SSSR count). The van der Waals surface area contributed by atoms with E-state index in [0.29, 0.717) is 76.0 Å². The van der Waals surface area contributed by atoms with Crippen molar-refractivity contribution in [1.82, 2.24) is 15.1 Å². The molecule has 864 valence electrons. The van der Waals surface area contributed by atoms with Crippen LogP contribution in [0, 0.1) is 56.2 Å². The molecule has 0 aromatic heterocycles. The number of rotatable bonds is 30. The highest BCUT2D eigenvalue weighted by Crippen LogP contribution is 2.48. The molecule has 21 nitrogen and oxygen atoms in total. The Labute approximate surface area is 879 Å². The number of likely N-dealkylation sites (tertiary alicyclic amines) is 2. The molecule has 2 fully saturated rings. The maximum atomic E-state index is 13.1. The summed E-state index contributed by atoms with van der Waals surface area (Å²) >= 11 is 0. The predicted molar refractivity (Wildman–Crippen MR) is 546 cm³/mol. The van der Waals surface area contributed by atoms with E-state index in [2.05, 4.69) is 60.3 Å². The summed E-state index contributed by atoms with van der Waals surface area (Å²) in [4.78, 5) is 99.5. The zero-order valence-corrected chi connectivity index (χ0v) is 95.8. The Morgan fingerprint density at radius 1 is 0.460 bits per heavy atom. The molecule has 150 heavy (non-hydrogen) atoms. The second kappa shape index (κ2) is 56.4. The number of hydrogen-bond acceptors (Lipinski definition) is 18. The van der Waals surface area contributed by atoms with Gasteiger partial charge in [-0.2, -0.15) is 26.3 Å². The van der Waals surface area contributed by atoms with Crippen molar-refractivity contribution in [3.8, 4) is 0 Å². The van der Waals surface area contributed by atoms with E-state index < -0.39 is 181 Å². The van der Waals surface area contributed by atoms with Crippen molar-refractivity contribution < 1.29 is 161 Å². The Morgan fingerprint density at radius 2 is 0.833 bits per heavy atom. The minimum atomic E-state index is -4.82. The highest BCUT2D eigenvalue weighted by molar-refractivity contribution is 5.92. The number of halogens is 17. The van der Waals surface area contributed by atoms with Crippen LogP contribution in [0.1, 0.15) is 411 Å². The largest absolute Gasteiger partial charge is 0.463 e. The number of carbonyl (C=O) groups excluding carboxylic acids is 8. The van der Waals surface area contributed by atoms with E-state index >= 15 is 0 Å². The summed E-state index contributed by atoms with van der Waals surface area (Å²) in [6.45, 7) is 68.8. The fraction of sp³-hybridized carbons (Fsp3) is 0.732. The summed E-state index contributed by atoms with van der Waals surface area (Å²) in [6, 6.07) is 19.3. The SMILES string of the molecule is CC1c2cccc3cccc(c23)C1C.CCC(C)(C)C(=O)OC(C)CC(C)(O)C(F)(F)F.CCC(C)(C)C(=O)OC1CC(C)(C)N(C(=O)OC(C)(C)C)C(C)(C)C1.CCC(C)(C)C(=O)OC1CC(C)N(C(=O)OC(C)(C)C)C(C)C1.CCC(C)(C)C(=O)OCC(F)(F)CC(F)(F)C(F)F.CCC(C)(C)OC(=O)NCCOC(=O)C(C)(C)CC.CCC(C)c1c(F)c(F)c(F)c(F)c1F.CCC(C)c1ccc(C(C)(O)C(F)(F)F)cc1. The number of ether oxygens (including phenoxy) is 8. The topological polar surface area (TPSA) is 269 Å². The van der Waals surface area contributed by atoms with E-state index in [4.69, 9.17) is 33.2 Å². The lowest BCUT2D eigenvalue weighted by Gasteiger charge is -2.54. The van der Waals surface area contributed by atoms with Crippen molar-refractivity contribution in [2.45, 2.75) is 484 Å². The smallest absolute Gasteiger partial charge is 0.421 e. The number of nitrogens with zero attached hydrogens (tertiary/aromatic N) is 2. The van der Waals surface area contributed by atoms with Crippen molar-refractivity contribution in [1.29, 1.82) is 0 Å². The van der Waals surface area contributed by atoms with E-state index in [0.717, 1.165) is 38.2 Å². The molecule has 2 heterocycles. The number of amides is 3. The first-order chi connectivity index (χ1) is 67.6. The van der Waals surface area contributed by atoms with Gasteiger partial charge in [0.25, 0.3) is 5.92 Å². The standard InChI is InChI=1S/C20H37NO4.C18H33NO4.C14H27NO4.C14H14.C13H17F3O.C12H21F3O3.C11H16F6O2.C10H9F5/c1-11-18(5,6)15(22)24-14-12-19(7,8)21(20(9,10)13-14)16(23)25-17(2,3)4;1-9-18(7,8)15(20)22-14-10-12(2)19(13(3)11-14)16(21)23-17(4,5)6;1-7-13(3,4)11(16)18-10-9-15-12(17)19-14(5,6)8-2;1-9-10(2)13-8-4-6-11-5-3-7-12(9)14(11)13;1-4-9(2)10-5-7-11(8-6-10)12(3,17)13(14,15)16;1-6-10(3,4)9(16)18-8(2)7-11(5,17)12(13,14)15;1-4-9(2,3)8(18)19-6-10(14,15)5-11(16,17)7(12)13;1-3-4(2)5-6(11)8(13)10(15)9(14)7(5)12/h14H,11-13H2,1-10H3;12-14H,9-11H2,1-8H3;7-10H2,1-6H3,(H,15,17);3-10H,1-2H3;5-9,17H,4H2,1-3H3;8,17H,6-7H2,1-5H3;7H,4-6H2,1-3H3;4H,3H2,1-2H3. The molecule has 3 aliphatic rings. The molecule has 3 amide bonds. The molecule has 2 saturated heterocycles. The van der Waals surface area contributed by atoms with Crippen LogP contribution in [0.2, 0.25) is 0 Å². The molecule has 38 heteroatoms. The van der Waals surface area contributed by atoms with Gasteiger partial charge in [0, 0.05) is 60.8 Å². The fourth-order valence-electron chi connectivity index (χ4n) is 14.9. The van der Waals surface area contributed by atoms with Gasteiger partial charge in [-0.25, -0.2) is 62.7 Å². The number of hydrogen-bond donors (Lipinski definition) is 3. The normalized spacial score (nSPS) is 18.5. The molecule has 0 saturated carbocycles. The van der Waals surface area contributed by atoms with Gasteiger partial charge in [-0.05, 0) is 295 Å². The summed E-state index contributed by atoms with van der Waals surface area (Å²) in [5.74, 6) is -19.6. The second-order valence-electron chi connectivity index (χ2n) is 46.7. The van der Waals surface area contributed by atoms with Gasteiger partial charge in [-0.1, -0.05) is 144 Å². The summed E-state index contributed by atoms with van der Waals surface area (Å²) in [6.07, 6.45) is -11.6. The van der Waals surface area contributed by atoms with Crippen LogP contribution in [-0.4, -0.2) is 182 Å². The first kappa shape index (κ1) is 141. The van der Waals surface area contributed by atoms with Crippen molar-refractivity contribution in [2.75, 3.05) is 19.8 Å². The Kier molecular flexibility index (Phi) is 53.0. The average Bonchev–Trinajstić information content (AvgIpc) is 1.70.